The van der Waals surface area contributed by atoms with Gasteiger partial charge in [-0.15, -0.1) is 0 Å². The number of hydrogen-bond acceptors (Lipinski definition) is 2. The zero-order valence-corrected chi connectivity index (χ0v) is 14.7. The lowest BCUT2D eigenvalue weighted by atomic mass is 9.78. The molecule has 2 unspecified atom stereocenters. The van der Waals surface area contributed by atoms with Gasteiger partial charge in [-0.05, 0) is 38.0 Å². The first-order chi connectivity index (χ1) is 10.1. The minimum atomic E-state index is 0.625. The maximum Gasteiger partial charge on any atom is 0.0863 e. The highest BCUT2D eigenvalue weighted by Crippen LogP contribution is 2.31. The molecule has 0 spiro atoms. The van der Waals surface area contributed by atoms with Gasteiger partial charge in [0, 0.05) is 19.1 Å². The fourth-order valence-electron chi connectivity index (χ4n) is 3.62. The van der Waals surface area contributed by atoms with Gasteiger partial charge in [0.25, 0.3) is 0 Å². The number of aryl methyl sites for hydroxylation is 2. The molecule has 0 aliphatic heterocycles. The number of rotatable bonds is 6. The van der Waals surface area contributed by atoms with Crippen molar-refractivity contribution in [2.45, 2.75) is 78.9 Å². The van der Waals surface area contributed by atoms with Crippen molar-refractivity contribution in [3.63, 3.8) is 0 Å². The quantitative estimate of drug-likeness (QED) is 0.842. The van der Waals surface area contributed by atoms with Crippen LogP contribution in [0, 0.1) is 11.8 Å². The van der Waals surface area contributed by atoms with Gasteiger partial charge in [0.05, 0.1) is 16.4 Å². The molecular weight excluding hydrogens is 282 g/mol. The van der Waals surface area contributed by atoms with E-state index in [1.807, 2.05) is 0 Å². The third-order valence-corrected chi connectivity index (χ3v) is 5.34. The van der Waals surface area contributed by atoms with Crippen molar-refractivity contribution in [1.29, 1.82) is 0 Å². The lowest BCUT2D eigenvalue weighted by Gasteiger charge is -2.35. The van der Waals surface area contributed by atoms with Gasteiger partial charge in [-0.1, -0.05) is 45.2 Å². The van der Waals surface area contributed by atoms with E-state index in [9.17, 15) is 0 Å². The van der Waals surface area contributed by atoms with Crippen molar-refractivity contribution in [3.8, 4) is 0 Å². The lowest BCUT2D eigenvalue weighted by molar-refractivity contribution is 0.203. The van der Waals surface area contributed by atoms with Crippen LogP contribution in [0.1, 0.15) is 64.8 Å². The van der Waals surface area contributed by atoms with Gasteiger partial charge in [0.1, 0.15) is 0 Å². The fourth-order valence-corrected chi connectivity index (χ4v) is 3.96. The Hall–Kier alpha value is -0.540. The van der Waals surface area contributed by atoms with E-state index in [-0.39, 0.29) is 0 Å². The van der Waals surface area contributed by atoms with Crippen molar-refractivity contribution in [1.82, 2.24) is 15.1 Å². The summed E-state index contributed by atoms with van der Waals surface area (Å²) in [6.07, 6.45) is 6.28. The molecule has 1 heterocycles. The molecule has 1 aromatic rings. The largest absolute Gasteiger partial charge is 0.308 e. The third kappa shape index (κ3) is 3.81. The summed E-state index contributed by atoms with van der Waals surface area (Å²) in [6.45, 7) is 10.7. The zero-order chi connectivity index (χ0) is 15.4. The summed E-state index contributed by atoms with van der Waals surface area (Å²) in [5, 5.41) is 9.25. The number of hydrogen-bond donors (Lipinski definition) is 1. The lowest BCUT2D eigenvalue weighted by Crippen LogP contribution is -2.40. The molecule has 0 radical (unpaired) electrons. The summed E-state index contributed by atoms with van der Waals surface area (Å²) in [5.74, 6) is 1.54. The molecular formula is C17H30ClN3. The van der Waals surface area contributed by atoms with Crippen molar-refractivity contribution < 1.29 is 0 Å². The normalized spacial score (nSPS) is 23.0. The molecule has 3 nitrogen and oxygen atoms in total. The molecule has 1 saturated carbocycles. The smallest absolute Gasteiger partial charge is 0.0863 e. The van der Waals surface area contributed by atoms with Gasteiger partial charge in [-0.25, -0.2) is 0 Å². The van der Waals surface area contributed by atoms with E-state index in [4.69, 9.17) is 11.6 Å². The second-order valence-corrected chi connectivity index (χ2v) is 6.93. The first-order valence-electron chi connectivity index (χ1n) is 8.55. The van der Waals surface area contributed by atoms with Gasteiger partial charge in [0.15, 0.2) is 0 Å². The summed E-state index contributed by atoms with van der Waals surface area (Å²) in [7, 11) is 0. The molecule has 2 rings (SSSR count). The molecule has 4 heteroatoms. The maximum atomic E-state index is 6.50. The Morgan fingerprint density at radius 1 is 1.29 bits per heavy atom. The molecule has 1 fully saturated rings. The summed E-state index contributed by atoms with van der Waals surface area (Å²) in [4.78, 5) is 0. The highest BCUT2D eigenvalue weighted by Gasteiger charge is 2.27. The molecule has 2 atom stereocenters. The van der Waals surface area contributed by atoms with Crippen LogP contribution in [-0.4, -0.2) is 15.8 Å². The molecule has 0 amide bonds. The number of halogens is 1. The molecule has 1 N–H and O–H groups in total. The number of nitrogens with one attached hydrogen (secondary N) is 1. The average molecular weight is 312 g/mol. The standard InChI is InChI=1S/C17H30ClN3/c1-5-14-17(18)16(21(6-2)20-14)11-19-15-10-8-7-9-13(15)12(3)4/h12-13,15,19H,5-11H2,1-4H3. The van der Waals surface area contributed by atoms with E-state index in [1.54, 1.807) is 0 Å². The van der Waals surface area contributed by atoms with Crippen LogP contribution in [0.3, 0.4) is 0 Å². The van der Waals surface area contributed by atoms with Crippen LogP contribution in [0.4, 0.5) is 0 Å². The van der Waals surface area contributed by atoms with Gasteiger partial charge in [0.2, 0.25) is 0 Å². The van der Waals surface area contributed by atoms with Gasteiger partial charge in [-0.2, -0.15) is 5.10 Å². The van der Waals surface area contributed by atoms with E-state index in [2.05, 4.69) is 42.8 Å². The van der Waals surface area contributed by atoms with Gasteiger partial charge in [-0.3, -0.25) is 4.68 Å². The first-order valence-corrected chi connectivity index (χ1v) is 8.93. The molecule has 0 aromatic carbocycles. The van der Waals surface area contributed by atoms with E-state index >= 15 is 0 Å². The molecule has 21 heavy (non-hydrogen) atoms. The Balaban J connectivity index is 2.06. The van der Waals surface area contributed by atoms with Crippen LogP contribution >= 0.6 is 11.6 Å². The van der Waals surface area contributed by atoms with Crippen LogP contribution in [0.15, 0.2) is 0 Å². The molecule has 1 aliphatic carbocycles. The third-order valence-electron chi connectivity index (χ3n) is 4.90. The van der Waals surface area contributed by atoms with Crippen LogP contribution in [0.5, 0.6) is 0 Å². The van der Waals surface area contributed by atoms with E-state index in [0.29, 0.717) is 6.04 Å². The minimum absolute atomic E-state index is 0.625. The molecule has 1 aliphatic rings. The Bertz CT molecular complexity index is 453. The predicted molar refractivity (Wildman–Crippen MR) is 89.7 cm³/mol. The summed E-state index contributed by atoms with van der Waals surface area (Å²) in [6, 6.07) is 0.625. The number of nitrogens with zero attached hydrogens (tertiary/aromatic N) is 2. The second-order valence-electron chi connectivity index (χ2n) is 6.56. The summed E-state index contributed by atoms with van der Waals surface area (Å²) < 4.78 is 2.06. The summed E-state index contributed by atoms with van der Waals surface area (Å²) >= 11 is 6.50. The maximum absolute atomic E-state index is 6.50. The molecule has 1 aromatic heterocycles. The topological polar surface area (TPSA) is 29.9 Å². The first kappa shape index (κ1) is 16.8. The monoisotopic (exact) mass is 311 g/mol. The van der Waals surface area contributed by atoms with Crippen LogP contribution in [0.25, 0.3) is 0 Å². The SMILES string of the molecule is CCc1nn(CC)c(CNC2CCCCC2C(C)C)c1Cl. The average Bonchev–Trinajstić information content (AvgIpc) is 2.80. The van der Waals surface area contributed by atoms with Crippen molar-refractivity contribution in [2.75, 3.05) is 0 Å². The highest BCUT2D eigenvalue weighted by molar-refractivity contribution is 6.31. The van der Waals surface area contributed by atoms with E-state index in [0.717, 1.165) is 47.8 Å². The zero-order valence-electron chi connectivity index (χ0n) is 14.0. The molecule has 0 saturated heterocycles. The highest BCUT2D eigenvalue weighted by atomic mass is 35.5. The minimum Gasteiger partial charge on any atom is -0.308 e. The van der Waals surface area contributed by atoms with Crippen molar-refractivity contribution in [2.24, 2.45) is 11.8 Å². The molecule has 0 bridgehead atoms. The second kappa shape index (κ2) is 7.64. The predicted octanol–water partition coefficient (Wildman–Crippen LogP) is 4.42. The van der Waals surface area contributed by atoms with Gasteiger partial charge >= 0.3 is 0 Å². The number of aromatic nitrogens is 2. The Morgan fingerprint density at radius 2 is 2.00 bits per heavy atom. The van der Waals surface area contributed by atoms with E-state index < -0.39 is 0 Å². The van der Waals surface area contributed by atoms with Crippen molar-refractivity contribution in [3.05, 3.63) is 16.4 Å². The van der Waals surface area contributed by atoms with Crippen LogP contribution < -0.4 is 5.32 Å². The van der Waals surface area contributed by atoms with Crippen LogP contribution in [0.2, 0.25) is 5.02 Å². The summed E-state index contributed by atoms with van der Waals surface area (Å²) in [5.41, 5.74) is 2.18. The Morgan fingerprint density at radius 3 is 2.62 bits per heavy atom. The Labute approximate surface area is 134 Å². The van der Waals surface area contributed by atoms with Crippen LogP contribution in [-0.2, 0) is 19.5 Å². The van der Waals surface area contributed by atoms with Crippen molar-refractivity contribution >= 4 is 11.6 Å². The Kier molecular flexibility index (Phi) is 6.12. The fraction of sp³-hybridized carbons (Fsp3) is 0.824. The van der Waals surface area contributed by atoms with E-state index in [1.165, 1.54) is 25.7 Å². The molecule has 120 valence electrons. The van der Waals surface area contributed by atoms with Gasteiger partial charge < -0.3 is 5.32 Å².